The van der Waals surface area contributed by atoms with Crippen LogP contribution in [-0.2, 0) is 0 Å². The van der Waals surface area contributed by atoms with Gasteiger partial charge in [0.2, 0.25) is 0 Å². The van der Waals surface area contributed by atoms with Crippen molar-refractivity contribution in [3.63, 3.8) is 0 Å². The van der Waals surface area contributed by atoms with Gasteiger partial charge in [-0.05, 0) is 32.1 Å². The first-order chi connectivity index (χ1) is 11.8. The van der Waals surface area contributed by atoms with Crippen molar-refractivity contribution in [2.75, 3.05) is 39.3 Å². The number of likely N-dealkylation sites (tertiary alicyclic amines) is 1. The average Bonchev–Trinajstić information content (AvgIpc) is 3.30. The molecule has 0 aromatic heterocycles. The zero-order chi connectivity index (χ0) is 16.8. The molecule has 0 spiro atoms. The molecule has 2 fully saturated rings. The molecule has 2 aliphatic heterocycles. The smallest absolute Gasteiger partial charge is 0.194 e. The van der Waals surface area contributed by atoms with Gasteiger partial charge in [-0.3, -0.25) is 9.89 Å². The second kappa shape index (κ2) is 8.86. The highest BCUT2D eigenvalue weighted by Gasteiger charge is 2.30. The summed E-state index contributed by atoms with van der Waals surface area (Å²) < 4.78 is 0. The number of nitrogens with zero attached hydrogens (tertiary/aromatic N) is 3. The Morgan fingerprint density at radius 3 is 2.67 bits per heavy atom. The summed E-state index contributed by atoms with van der Waals surface area (Å²) in [6.07, 6.45) is 11.7. The van der Waals surface area contributed by atoms with Crippen molar-refractivity contribution < 1.29 is 5.11 Å². The van der Waals surface area contributed by atoms with Crippen molar-refractivity contribution in [1.82, 2.24) is 15.1 Å². The molecule has 2 heterocycles. The molecule has 24 heavy (non-hydrogen) atoms. The van der Waals surface area contributed by atoms with Crippen LogP contribution in [0.15, 0.2) is 17.1 Å². The summed E-state index contributed by atoms with van der Waals surface area (Å²) in [7, 11) is 0. The molecular formula is C19H34N4O. The van der Waals surface area contributed by atoms with Gasteiger partial charge in [0, 0.05) is 38.8 Å². The molecule has 0 amide bonds. The summed E-state index contributed by atoms with van der Waals surface area (Å²) in [4.78, 5) is 9.70. The molecule has 0 aromatic carbocycles. The zero-order valence-electron chi connectivity index (χ0n) is 15.2. The molecular weight excluding hydrogens is 300 g/mol. The van der Waals surface area contributed by atoms with Crippen LogP contribution in [0.5, 0.6) is 0 Å². The maximum Gasteiger partial charge on any atom is 0.194 e. The fourth-order valence-electron chi connectivity index (χ4n) is 4.30. The van der Waals surface area contributed by atoms with Crippen molar-refractivity contribution in [2.24, 2.45) is 10.9 Å². The second-order valence-electron chi connectivity index (χ2n) is 7.47. The van der Waals surface area contributed by atoms with Crippen molar-refractivity contribution in [3.8, 4) is 0 Å². The van der Waals surface area contributed by atoms with E-state index in [0.29, 0.717) is 18.5 Å². The fraction of sp³-hybridized carbons (Fsp3) is 0.842. The number of aliphatic hydroxyl groups excluding tert-OH is 1. The van der Waals surface area contributed by atoms with E-state index < -0.39 is 0 Å². The lowest BCUT2D eigenvalue weighted by Gasteiger charge is -2.27. The van der Waals surface area contributed by atoms with Crippen LogP contribution in [0.4, 0.5) is 0 Å². The highest BCUT2D eigenvalue weighted by atomic mass is 16.3. The van der Waals surface area contributed by atoms with Crippen LogP contribution in [0.3, 0.4) is 0 Å². The first kappa shape index (κ1) is 17.7. The third-order valence-electron chi connectivity index (χ3n) is 5.78. The number of aliphatic hydroxyl groups is 1. The number of guanidine groups is 1. The maximum atomic E-state index is 10.5. The van der Waals surface area contributed by atoms with Gasteiger partial charge in [0.05, 0.1) is 12.6 Å². The molecule has 1 saturated heterocycles. The number of hydrogen-bond acceptors (Lipinski definition) is 3. The van der Waals surface area contributed by atoms with Crippen LogP contribution < -0.4 is 5.32 Å². The van der Waals surface area contributed by atoms with E-state index in [2.05, 4.69) is 34.2 Å². The molecule has 0 bridgehead atoms. The van der Waals surface area contributed by atoms with Gasteiger partial charge in [-0.25, -0.2) is 0 Å². The first-order valence-corrected chi connectivity index (χ1v) is 9.88. The van der Waals surface area contributed by atoms with Crippen molar-refractivity contribution in [3.05, 3.63) is 12.2 Å². The molecule has 3 rings (SSSR count). The van der Waals surface area contributed by atoms with Crippen molar-refractivity contribution in [2.45, 2.75) is 57.6 Å². The Bertz CT molecular complexity index is 437. The fourth-order valence-corrected chi connectivity index (χ4v) is 4.30. The van der Waals surface area contributed by atoms with E-state index in [4.69, 9.17) is 4.99 Å². The predicted octanol–water partition coefficient (Wildman–Crippen LogP) is 1.84. The zero-order valence-corrected chi connectivity index (χ0v) is 15.2. The first-order valence-electron chi connectivity index (χ1n) is 9.88. The van der Waals surface area contributed by atoms with Crippen LogP contribution in [-0.4, -0.2) is 72.3 Å². The Labute approximate surface area is 146 Å². The van der Waals surface area contributed by atoms with E-state index in [0.717, 1.165) is 38.7 Å². The molecule has 2 unspecified atom stereocenters. The van der Waals surface area contributed by atoms with Crippen LogP contribution in [0.25, 0.3) is 0 Å². The highest BCUT2D eigenvalue weighted by molar-refractivity contribution is 5.80. The molecule has 2 N–H and O–H groups in total. The Balaban J connectivity index is 1.53. The standard InChI is InChI=1S/C19H34N4O/c1-2-20-19(21-14-18(24)16-8-4-3-5-9-16)23-13-10-17(15-23)22-11-6-7-12-22/h6-7,16-18,24H,2-5,8-15H2,1H3,(H,20,21). The molecule has 0 radical (unpaired) electrons. The summed E-state index contributed by atoms with van der Waals surface area (Å²) in [5, 5.41) is 13.9. The highest BCUT2D eigenvalue weighted by Crippen LogP contribution is 2.26. The monoisotopic (exact) mass is 334 g/mol. The van der Waals surface area contributed by atoms with Crippen LogP contribution >= 0.6 is 0 Å². The summed E-state index contributed by atoms with van der Waals surface area (Å²) in [6.45, 7) is 7.83. The van der Waals surface area contributed by atoms with Gasteiger partial charge in [-0.15, -0.1) is 0 Å². The van der Waals surface area contributed by atoms with E-state index in [1.165, 1.54) is 38.5 Å². The number of nitrogens with one attached hydrogen (secondary N) is 1. The summed E-state index contributed by atoms with van der Waals surface area (Å²) in [6, 6.07) is 0.632. The number of rotatable bonds is 5. The summed E-state index contributed by atoms with van der Waals surface area (Å²) >= 11 is 0. The number of aliphatic imine (C=N–C) groups is 1. The van der Waals surface area contributed by atoms with Crippen LogP contribution in [0.1, 0.15) is 45.4 Å². The topological polar surface area (TPSA) is 51.1 Å². The Kier molecular flexibility index (Phi) is 6.55. The van der Waals surface area contributed by atoms with Gasteiger partial charge in [0.25, 0.3) is 0 Å². The van der Waals surface area contributed by atoms with E-state index >= 15 is 0 Å². The van der Waals surface area contributed by atoms with Crippen LogP contribution in [0, 0.1) is 5.92 Å². The normalized spacial score (nSPS) is 27.8. The van der Waals surface area contributed by atoms with Gasteiger partial charge in [-0.1, -0.05) is 31.4 Å². The molecule has 5 nitrogen and oxygen atoms in total. The lowest BCUT2D eigenvalue weighted by atomic mass is 9.85. The minimum absolute atomic E-state index is 0.278. The second-order valence-corrected chi connectivity index (χ2v) is 7.47. The molecule has 1 aliphatic carbocycles. The molecule has 1 saturated carbocycles. The predicted molar refractivity (Wildman–Crippen MR) is 99.3 cm³/mol. The van der Waals surface area contributed by atoms with E-state index in [9.17, 15) is 5.11 Å². The van der Waals surface area contributed by atoms with Gasteiger partial charge in [0.1, 0.15) is 0 Å². The quantitative estimate of drug-likeness (QED) is 0.458. The van der Waals surface area contributed by atoms with Gasteiger partial charge < -0.3 is 15.3 Å². The number of hydrogen-bond donors (Lipinski definition) is 2. The lowest BCUT2D eigenvalue weighted by Crippen LogP contribution is -2.43. The Hall–Kier alpha value is -1.07. The summed E-state index contributed by atoms with van der Waals surface area (Å²) in [5.41, 5.74) is 0. The molecule has 5 heteroatoms. The maximum absolute atomic E-state index is 10.5. The van der Waals surface area contributed by atoms with Gasteiger partial charge in [0.15, 0.2) is 5.96 Å². The van der Waals surface area contributed by atoms with Crippen LogP contribution in [0.2, 0.25) is 0 Å². The largest absolute Gasteiger partial charge is 0.391 e. The Morgan fingerprint density at radius 2 is 1.96 bits per heavy atom. The minimum Gasteiger partial charge on any atom is -0.391 e. The van der Waals surface area contributed by atoms with E-state index in [1.807, 2.05) is 0 Å². The third-order valence-corrected chi connectivity index (χ3v) is 5.78. The summed E-state index contributed by atoms with van der Waals surface area (Å²) in [5.74, 6) is 1.44. The average molecular weight is 335 g/mol. The molecule has 2 atom stereocenters. The third kappa shape index (κ3) is 4.51. The Morgan fingerprint density at radius 1 is 1.21 bits per heavy atom. The van der Waals surface area contributed by atoms with Crippen molar-refractivity contribution >= 4 is 5.96 Å². The SMILES string of the molecule is CCNC(=NCC(O)C1CCCCC1)N1CCC(N2CC=CC2)C1. The molecule has 0 aromatic rings. The van der Waals surface area contributed by atoms with Gasteiger partial charge in [-0.2, -0.15) is 0 Å². The van der Waals surface area contributed by atoms with Crippen molar-refractivity contribution in [1.29, 1.82) is 0 Å². The minimum atomic E-state index is -0.278. The van der Waals surface area contributed by atoms with Gasteiger partial charge >= 0.3 is 0 Å². The molecule has 3 aliphatic rings. The lowest BCUT2D eigenvalue weighted by molar-refractivity contribution is 0.0921. The van der Waals surface area contributed by atoms with E-state index in [1.54, 1.807) is 0 Å². The molecule has 136 valence electrons. The van der Waals surface area contributed by atoms with E-state index in [-0.39, 0.29) is 6.10 Å².